The maximum absolute atomic E-state index is 13.1. The van der Waals surface area contributed by atoms with E-state index in [0.29, 0.717) is 13.0 Å². The van der Waals surface area contributed by atoms with Gasteiger partial charge < -0.3 is 64.2 Å². The van der Waals surface area contributed by atoms with Crippen LogP contribution in [-0.2, 0) is 33.2 Å². The molecule has 14 heteroatoms. The number of allylic oxidation sites excluding steroid dienone is 4. The molecular formula is C67H126O14. The van der Waals surface area contributed by atoms with E-state index >= 15 is 0 Å². The number of aliphatic hydroxyl groups is 7. The van der Waals surface area contributed by atoms with Crippen LogP contribution in [-0.4, -0.2) is 142 Å². The maximum Gasteiger partial charge on any atom is 0.306 e. The third-order valence-corrected chi connectivity index (χ3v) is 16.5. The van der Waals surface area contributed by atoms with Crippen molar-refractivity contribution in [1.82, 2.24) is 0 Å². The van der Waals surface area contributed by atoms with Crippen molar-refractivity contribution in [2.45, 2.75) is 364 Å². The summed E-state index contributed by atoms with van der Waals surface area (Å²) in [5, 5.41) is 72.6. The molecule has 2 rings (SSSR count). The van der Waals surface area contributed by atoms with Crippen LogP contribution in [0.15, 0.2) is 24.3 Å². The van der Waals surface area contributed by atoms with Crippen molar-refractivity contribution in [3.8, 4) is 0 Å². The van der Waals surface area contributed by atoms with E-state index in [1.54, 1.807) is 0 Å². The summed E-state index contributed by atoms with van der Waals surface area (Å²) >= 11 is 0. The van der Waals surface area contributed by atoms with E-state index in [0.717, 1.165) is 51.4 Å². The van der Waals surface area contributed by atoms with Gasteiger partial charge in [-0.3, -0.25) is 4.79 Å². The Kier molecular flexibility index (Phi) is 50.3. The molecule has 0 aromatic heterocycles. The van der Waals surface area contributed by atoms with E-state index < -0.39 is 80.7 Å². The summed E-state index contributed by atoms with van der Waals surface area (Å²) in [4.78, 5) is 13.1. The van der Waals surface area contributed by atoms with Gasteiger partial charge in [-0.05, 0) is 44.9 Å². The Morgan fingerprint density at radius 3 is 1.19 bits per heavy atom. The fraction of sp³-hybridized carbons (Fsp3) is 0.925. The largest absolute Gasteiger partial charge is 0.457 e. The number of esters is 1. The highest BCUT2D eigenvalue weighted by Crippen LogP contribution is 2.27. The van der Waals surface area contributed by atoms with Crippen molar-refractivity contribution >= 4 is 5.97 Å². The molecule has 11 atom stereocenters. The van der Waals surface area contributed by atoms with E-state index in [2.05, 4.69) is 38.2 Å². The van der Waals surface area contributed by atoms with E-state index in [4.69, 9.17) is 28.4 Å². The molecule has 7 N–H and O–H groups in total. The van der Waals surface area contributed by atoms with E-state index in [9.17, 15) is 40.5 Å². The molecule has 11 unspecified atom stereocenters. The lowest BCUT2D eigenvalue weighted by Gasteiger charge is -2.42. The Labute approximate surface area is 494 Å². The van der Waals surface area contributed by atoms with Crippen LogP contribution in [0, 0.1) is 0 Å². The summed E-state index contributed by atoms with van der Waals surface area (Å²) in [6.45, 7) is 3.75. The average Bonchev–Trinajstić information content (AvgIpc) is 3.46. The van der Waals surface area contributed by atoms with Crippen molar-refractivity contribution in [3.05, 3.63) is 24.3 Å². The number of aliphatic hydroxyl groups excluding tert-OH is 7. The normalized spacial score (nSPS) is 23.8. The second-order valence-electron chi connectivity index (χ2n) is 24.0. The number of hydrogen-bond donors (Lipinski definition) is 7. The van der Waals surface area contributed by atoms with Gasteiger partial charge in [-0.2, -0.15) is 0 Å². The fourth-order valence-electron chi connectivity index (χ4n) is 11.0. The summed E-state index contributed by atoms with van der Waals surface area (Å²) in [6, 6.07) is 0. The Bertz CT molecular complexity index is 1430. The highest BCUT2D eigenvalue weighted by molar-refractivity contribution is 5.69. The van der Waals surface area contributed by atoms with Gasteiger partial charge in [0.1, 0.15) is 54.9 Å². The van der Waals surface area contributed by atoms with Crippen LogP contribution in [0.3, 0.4) is 0 Å². The minimum atomic E-state index is -1.71. The molecule has 81 heavy (non-hydrogen) atoms. The minimum absolute atomic E-state index is 0.0652. The van der Waals surface area contributed by atoms with Gasteiger partial charge in [0.2, 0.25) is 0 Å². The first-order valence-corrected chi connectivity index (χ1v) is 33.9. The standard InChI is InChI=1S/C67H126O14/c1-3-5-7-9-11-13-15-17-19-21-23-25-26-27-28-29-31-33-35-37-39-41-43-45-47-49-51-76-53-56(54-77-66-65(75)63(73)61(71)58(81-66)55-78-67-64(74)62(72)60(70)57(52-68)80-67)79-59(69)50-48-46-44-42-40-38-36-34-32-30-24-22-20-18-16-14-12-10-8-6-4-2/h16,18,22,24,56-58,60-68,70-75H,3-15,17,19-21,23,25-55H2,1-2H3/b18-16-,24-22-. The molecule has 14 nitrogen and oxygen atoms in total. The van der Waals surface area contributed by atoms with Crippen LogP contribution >= 0.6 is 0 Å². The average molecular weight is 1160 g/mol. The third-order valence-electron chi connectivity index (χ3n) is 16.5. The van der Waals surface area contributed by atoms with Crippen LogP contribution in [0.4, 0.5) is 0 Å². The first kappa shape index (κ1) is 75.6. The molecule has 0 spiro atoms. The molecule has 478 valence electrons. The van der Waals surface area contributed by atoms with Gasteiger partial charge in [-0.15, -0.1) is 0 Å². The minimum Gasteiger partial charge on any atom is -0.457 e. The Morgan fingerprint density at radius 1 is 0.407 bits per heavy atom. The summed E-state index contributed by atoms with van der Waals surface area (Å²) in [5.74, 6) is -0.373. The molecule has 0 amide bonds. The van der Waals surface area contributed by atoms with Crippen molar-refractivity contribution in [2.24, 2.45) is 0 Å². The van der Waals surface area contributed by atoms with Crippen LogP contribution in [0.2, 0.25) is 0 Å². The van der Waals surface area contributed by atoms with E-state index in [1.165, 1.54) is 218 Å². The van der Waals surface area contributed by atoms with Crippen LogP contribution in [0.5, 0.6) is 0 Å². The Balaban J connectivity index is 1.64. The molecule has 2 saturated heterocycles. The predicted octanol–water partition coefficient (Wildman–Crippen LogP) is 13.9. The van der Waals surface area contributed by atoms with Gasteiger partial charge >= 0.3 is 5.97 Å². The maximum atomic E-state index is 13.1. The van der Waals surface area contributed by atoms with E-state index in [1.807, 2.05) is 0 Å². The van der Waals surface area contributed by atoms with Crippen molar-refractivity contribution < 1.29 is 69.0 Å². The zero-order valence-electron chi connectivity index (χ0n) is 51.8. The van der Waals surface area contributed by atoms with Crippen LogP contribution < -0.4 is 0 Å². The zero-order valence-corrected chi connectivity index (χ0v) is 51.8. The predicted molar refractivity (Wildman–Crippen MR) is 326 cm³/mol. The Hall–Kier alpha value is -1.53. The summed E-state index contributed by atoms with van der Waals surface area (Å²) < 4.78 is 34.5. The van der Waals surface area contributed by atoms with Gasteiger partial charge in [0.05, 0.1) is 26.4 Å². The second kappa shape index (κ2) is 53.9. The number of carbonyl (C=O) groups is 1. The van der Waals surface area contributed by atoms with E-state index in [-0.39, 0.29) is 25.6 Å². The quantitative estimate of drug-likeness (QED) is 0.0171. The third kappa shape index (κ3) is 39.7. The van der Waals surface area contributed by atoms with Crippen LogP contribution in [0.1, 0.15) is 296 Å². The topological polar surface area (TPSA) is 214 Å². The summed E-state index contributed by atoms with van der Waals surface area (Å²) in [7, 11) is 0. The molecule has 0 saturated carbocycles. The molecule has 0 aromatic carbocycles. The smallest absolute Gasteiger partial charge is 0.306 e. The lowest BCUT2D eigenvalue weighted by atomic mass is 9.98. The fourth-order valence-corrected chi connectivity index (χ4v) is 11.0. The molecular weight excluding hydrogens is 1030 g/mol. The lowest BCUT2D eigenvalue weighted by Crippen LogP contribution is -2.61. The number of unbranched alkanes of at least 4 members (excludes halogenated alkanes) is 39. The number of ether oxygens (including phenoxy) is 6. The number of hydrogen-bond acceptors (Lipinski definition) is 14. The Morgan fingerprint density at radius 2 is 0.765 bits per heavy atom. The first-order chi connectivity index (χ1) is 39.6. The SMILES string of the molecule is CCCCCCC/C=C\C/C=C\CCCCCCCCCCCC(=O)OC(COCCCCCCCCCCCCCCCCCCCCCCCCCCCC)COC1OC(COC2OC(CO)C(O)C(O)C2O)C(O)C(O)C1O. The molecule has 0 aliphatic carbocycles. The van der Waals surface area contributed by atoms with Gasteiger partial charge in [-0.25, -0.2) is 0 Å². The molecule has 0 bridgehead atoms. The molecule has 2 heterocycles. The molecule has 0 radical (unpaired) electrons. The van der Waals surface area contributed by atoms with Crippen molar-refractivity contribution in [1.29, 1.82) is 0 Å². The number of carbonyl (C=O) groups excluding carboxylic acids is 1. The van der Waals surface area contributed by atoms with Gasteiger partial charge in [-0.1, -0.05) is 269 Å². The molecule has 0 aromatic rings. The number of rotatable bonds is 57. The summed E-state index contributed by atoms with van der Waals surface area (Å²) in [5.41, 5.74) is 0. The van der Waals surface area contributed by atoms with Gasteiger partial charge in [0.25, 0.3) is 0 Å². The molecule has 2 aliphatic heterocycles. The summed E-state index contributed by atoms with van der Waals surface area (Å²) in [6.07, 6.45) is 48.2. The highest BCUT2D eigenvalue weighted by atomic mass is 16.7. The van der Waals surface area contributed by atoms with Crippen molar-refractivity contribution in [3.63, 3.8) is 0 Å². The monoisotopic (exact) mass is 1150 g/mol. The van der Waals surface area contributed by atoms with Crippen LogP contribution in [0.25, 0.3) is 0 Å². The molecule has 2 fully saturated rings. The van der Waals surface area contributed by atoms with Gasteiger partial charge in [0, 0.05) is 13.0 Å². The van der Waals surface area contributed by atoms with Crippen molar-refractivity contribution in [2.75, 3.05) is 33.0 Å². The zero-order chi connectivity index (χ0) is 58.6. The van der Waals surface area contributed by atoms with Gasteiger partial charge in [0.15, 0.2) is 12.6 Å². The highest BCUT2D eigenvalue weighted by Gasteiger charge is 2.47. The molecule has 2 aliphatic rings. The lowest BCUT2D eigenvalue weighted by molar-refractivity contribution is -0.332. The second-order valence-corrected chi connectivity index (χ2v) is 24.0. The first-order valence-electron chi connectivity index (χ1n) is 33.9.